The van der Waals surface area contributed by atoms with Crippen LogP contribution in [0.25, 0.3) is 39.1 Å². The number of hydrogen-bond donors (Lipinski definition) is 0. The molecule has 0 fully saturated rings. The zero-order valence-electron chi connectivity index (χ0n) is 14.9. The van der Waals surface area contributed by atoms with Crippen LogP contribution in [-0.4, -0.2) is 4.57 Å². The Hall–Kier alpha value is -3.32. The molecule has 0 aliphatic heterocycles. The average molecular weight is 335 g/mol. The van der Waals surface area contributed by atoms with Crippen molar-refractivity contribution in [2.24, 2.45) is 0 Å². The lowest BCUT2D eigenvalue weighted by Gasteiger charge is -2.05. The van der Waals surface area contributed by atoms with Gasteiger partial charge in [0.2, 0.25) is 0 Å². The molecule has 0 saturated heterocycles. The van der Waals surface area contributed by atoms with E-state index in [2.05, 4.69) is 103 Å². The second-order valence-electron chi connectivity index (χ2n) is 6.45. The van der Waals surface area contributed by atoms with Crippen molar-refractivity contribution in [1.82, 2.24) is 4.57 Å². The van der Waals surface area contributed by atoms with Crippen LogP contribution >= 0.6 is 0 Å². The van der Waals surface area contributed by atoms with Gasteiger partial charge in [0.05, 0.1) is 11.0 Å². The Morgan fingerprint density at radius 3 is 2.35 bits per heavy atom. The SMILES string of the molecule is C=C/C=C\C(C)=C/n1c2ccccc2c2ccc(-c3ccccc3)cc21. The molecule has 0 amide bonds. The molecule has 0 bridgehead atoms. The van der Waals surface area contributed by atoms with Crippen LogP contribution in [0.5, 0.6) is 0 Å². The van der Waals surface area contributed by atoms with Crippen LogP contribution < -0.4 is 0 Å². The minimum Gasteiger partial charge on any atom is -0.316 e. The highest BCUT2D eigenvalue weighted by atomic mass is 15.0. The standard InChI is InChI=1S/C25H21N/c1-3-4-10-19(2)18-26-24-14-9-8-13-22(24)23-16-15-21(17-25(23)26)20-11-6-5-7-12-20/h3-18H,1H2,2H3/b10-4-,19-18-. The molecule has 0 unspecified atom stereocenters. The molecule has 4 aromatic rings. The van der Waals surface area contributed by atoms with E-state index in [1.807, 2.05) is 6.08 Å². The minimum absolute atomic E-state index is 1.18. The van der Waals surface area contributed by atoms with Crippen molar-refractivity contribution < 1.29 is 0 Å². The van der Waals surface area contributed by atoms with Crippen molar-refractivity contribution >= 4 is 28.0 Å². The van der Waals surface area contributed by atoms with Crippen molar-refractivity contribution in [2.75, 3.05) is 0 Å². The second-order valence-corrected chi connectivity index (χ2v) is 6.45. The van der Waals surface area contributed by atoms with E-state index >= 15 is 0 Å². The Morgan fingerprint density at radius 2 is 1.54 bits per heavy atom. The van der Waals surface area contributed by atoms with Crippen LogP contribution in [0.1, 0.15) is 6.92 Å². The first-order valence-electron chi connectivity index (χ1n) is 8.83. The fourth-order valence-corrected chi connectivity index (χ4v) is 3.42. The molecule has 126 valence electrons. The lowest BCUT2D eigenvalue weighted by atomic mass is 10.0. The van der Waals surface area contributed by atoms with Gasteiger partial charge in [0.15, 0.2) is 0 Å². The summed E-state index contributed by atoms with van der Waals surface area (Å²) < 4.78 is 2.29. The van der Waals surface area contributed by atoms with Gasteiger partial charge in [-0.3, -0.25) is 0 Å². The number of nitrogens with zero attached hydrogens (tertiary/aromatic N) is 1. The molecule has 0 radical (unpaired) electrons. The smallest absolute Gasteiger partial charge is 0.0541 e. The number of benzene rings is 3. The van der Waals surface area contributed by atoms with Crippen molar-refractivity contribution in [3.63, 3.8) is 0 Å². The first kappa shape index (κ1) is 16.2. The molecule has 1 nitrogen and oxygen atoms in total. The Balaban J connectivity index is 2.00. The summed E-state index contributed by atoms with van der Waals surface area (Å²) in [7, 11) is 0. The van der Waals surface area contributed by atoms with Crippen LogP contribution in [-0.2, 0) is 0 Å². The van der Waals surface area contributed by atoms with E-state index in [1.54, 1.807) is 6.08 Å². The topological polar surface area (TPSA) is 4.93 Å². The van der Waals surface area contributed by atoms with Crippen LogP contribution in [0.15, 0.2) is 103 Å². The van der Waals surface area contributed by atoms with Gasteiger partial charge in [0.25, 0.3) is 0 Å². The largest absolute Gasteiger partial charge is 0.316 e. The van der Waals surface area contributed by atoms with Crippen molar-refractivity contribution in [3.8, 4) is 11.1 Å². The number of hydrogen-bond acceptors (Lipinski definition) is 0. The van der Waals surface area contributed by atoms with Gasteiger partial charge in [0, 0.05) is 17.0 Å². The maximum absolute atomic E-state index is 3.75. The molecule has 0 N–H and O–H groups in total. The fraction of sp³-hybridized carbons (Fsp3) is 0.0400. The maximum Gasteiger partial charge on any atom is 0.0541 e. The summed E-state index contributed by atoms with van der Waals surface area (Å²) in [5, 5.41) is 2.55. The lowest BCUT2D eigenvalue weighted by molar-refractivity contribution is 1.27. The molecular formula is C25H21N. The van der Waals surface area contributed by atoms with E-state index in [-0.39, 0.29) is 0 Å². The summed E-state index contributed by atoms with van der Waals surface area (Å²) in [6, 6.07) is 25.8. The molecule has 26 heavy (non-hydrogen) atoms. The Labute approximate surface area is 154 Å². The van der Waals surface area contributed by atoms with Gasteiger partial charge < -0.3 is 4.57 Å². The summed E-state index contributed by atoms with van der Waals surface area (Å²) in [5.74, 6) is 0. The third-order valence-corrected chi connectivity index (χ3v) is 4.65. The minimum atomic E-state index is 1.18. The molecule has 1 heteroatoms. The third-order valence-electron chi connectivity index (χ3n) is 4.65. The van der Waals surface area contributed by atoms with E-state index in [1.165, 1.54) is 38.5 Å². The second kappa shape index (κ2) is 6.89. The van der Waals surface area contributed by atoms with Gasteiger partial charge in [-0.1, -0.05) is 85.5 Å². The molecule has 0 saturated carbocycles. The molecule has 4 rings (SSSR count). The molecule has 0 atom stereocenters. The Bertz CT molecular complexity index is 1140. The van der Waals surface area contributed by atoms with Crippen LogP contribution in [0.2, 0.25) is 0 Å². The maximum atomic E-state index is 3.75. The van der Waals surface area contributed by atoms with Crippen molar-refractivity contribution in [1.29, 1.82) is 0 Å². The van der Waals surface area contributed by atoms with Gasteiger partial charge in [0.1, 0.15) is 0 Å². The van der Waals surface area contributed by atoms with E-state index in [4.69, 9.17) is 0 Å². The zero-order chi connectivity index (χ0) is 17.9. The van der Waals surface area contributed by atoms with Crippen LogP contribution in [0.4, 0.5) is 0 Å². The van der Waals surface area contributed by atoms with Gasteiger partial charge in [-0.15, -0.1) is 0 Å². The highest BCUT2D eigenvalue weighted by molar-refractivity contribution is 6.10. The quantitative estimate of drug-likeness (QED) is 0.352. The van der Waals surface area contributed by atoms with E-state index < -0.39 is 0 Å². The first-order chi connectivity index (χ1) is 12.8. The molecule has 1 heterocycles. The fourth-order valence-electron chi connectivity index (χ4n) is 3.42. The number of allylic oxidation sites excluding steroid dienone is 4. The lowest BCUT2D eigenvalue weighted by Crippen LogP contribution is -1.88. The van der Waals surface area contributed by atoms with Gasteiger partial charge in [-0.05, 0) is 35.8 Å². The number of rotatable bonds is 4. The summed E-state index contributed by atoms with van der Waals surface area (Å²) in [5.41, 5.74) is 6.09. The normalized spacial score (nSPS) is 12.3. The third kappa shape index (κ3) is 2.89. The first-order valence-corrected chi connectivity index (χ1v) is 8.83. The summed E-state index contributed by atoms with van der Waals surface area (Å²) in [6.07, 6.45) is 8.04. The Kier molecular flexibility index (Phi) is 4.28. The summed E-state index contributed by atoms with van der Waals surface area (Å²) >= 11 is 0. The average Bonchev–Trinajstić information content (AvgIpc) is 3.00. The predicted molar refractivity (Wildman–Crippen MR) is 114 cm³/mol. The monoisotopic (exact) mass is 335 g/mol. The summed E-state index contributed by atoms with van der Waals surface area (Å²) in [4.78, 5) is 0. The Morgan fingerprint density at radius 1 is 0.808 bits per heavy atom. The summed E-state index contributed by atoms with van der Waals surface area (Å²) in [6.45, 7) is 5.87. The van der Waals surface area contributed by atoms with Gasteiger partial charge >= 0.3 is 0 Å². The van der Waals surface area contributed by atoms with E-state index in [9.17, 15) is 0 Å². The van der Waals surface area contributed by atoms with Crippen molar-refractivity contribution in [2.45, 2.75) is 6.92 Å². The van der Waals surface area contributed by atoms with Crippen LogP contribution in [0.3, 0.4) is 0 Å². The highest BCUT2D eigenvalue weighted by Gasteiger charge is 2.10. The number of fused-ring (bicyclic) bond motifs is 3. The molecule has 0 aliphatic carbocycles. The number of para-hydroxylation sites is 1. The highest BCUT2D eigenvalue weighted by Crippen LogP contribution is 2.33. The van der Waals surface area contributed by atoms with Crippen LogP contribution in [0, 0.1) is 0 Å². The van der Waals surface area contributed by atoms with Gasteiger partial charge in [-0.25, -0.2) is 0 Å². The molecule has 3 aromatic carbocycles. The van der Waals surface area contributed by atoms with E-state index in [0.29, 0.717) is 0 Å². The molecule has 0 aliphatic rings. The van der Waals surface area contributed by atoms with Crippen molar-refractivity contribution in [3.05, 3.63) is 103 Å². The molecular weight excluding hydrogens is 314 g/mol. The van der Waals surface area contributed by atoms with E-state index in [0.717, 1.165) is 0 Å². The van der Waals surface area contributed by atoms with Gasteiger partial charge in [-0.2, -0.15) is 0 Å². The predicted octanol–water partition coefficient (Wildman–Crippen LogP) is 7.06. The zero-order valence-corrected chi connectivity index (χ0v) is 14.9. The molecule has 1 aromatic heterocycles. The number of aromatic nitrogens is 1. The molecule has 0 spiro atoms.